The summed E-state index contributed by atoms with van der Waals surface area (Å²) >= 11 is 0. The van der Waals surface area contributed by atoms with Crippen LogP contribution < -0.4 is 5.32 Å². The largest absolute Gasteiger partial charge is 0.436 e. The number of hydrogen-bond acceptors (Lipinski definition) is 8. The van der Waals surface area contributed by atoms with Crippen molar-refractivity contribution in [2.75, 3.05) is 46.6 Å². The van der Waals surface area contributed by atoms with E-state index >= 15 is 0 Å². The van der Waals surface area contributed by atoms with Crippen LogP contribution in [-0.2, 0) is 14.4 Å². The van der Waals surface area contributed by atoms with E-state index < -0.39 is 12.1 Å². The number of benzene rings is 4. The van der Waals surface area contributed by atoms with Crippen molar-refractivity contribution >= 4 is 34.4 Å². The lowest BCUT2D eigenvalue weighted by Gasteiger charge is -2.31. The molecule has 12 heteroatoms. The Balaban J connectivity index is 0.961. The number of anilines is 1. The Morgan fingerprint density at radius 3 is 2.09 bits per heavy atom. The number of rotatable bonds is 11. The van der Waals surface area contributed by atoms with Crippen LogP contribution in [-0.4, -0.2) is 99.6 Å². The van der Waals surface area contributed by atoms with Crippen molar-refractivity contribution in [1.82, 2.24) is 34.6 Å². The van der Waals surface area contributed by atoms with Crippen molar-refractivity contribution in [2.24, 2.45) is 0 Å². The smallest absolute Gasteiger partial charge is 0.247 e. The van der Waals surface area contributed by atoms with Crippen LogP contribution in [0.15, 0.2) is 114 Å². The normalized spacial score (nSPS) is 18.1. The molecule has 2 saturated heterocycles. The molecule has 2 fully saturated rings. The molecule has 4 atom stereocenters. The molecule has 0 unspecified atom stereocenters. The maximum atomic E-state index is 14.0. The first-order valence-corrected chi connectivity index (χ1v) is 19.6. The van der Waals surface area contributed by atoms with Crippen LogP contribution in [0.1, 0.15) is 60.8 Å². The standard InChI is InChI=1S/C45H48N8O4/c1-50(2)39(29-14-7-5-8-15-29)44(55)52-24-12-20-36(52)41-48-34-23-22-32(27-35(34)49-41)43-46-28-38(57-43)31-18-11-19-33(26-31)47-42(54)37-21-13-25-53(37)45(56)40(51(3)4)30-16-9-6-10-17-30/h5-11,14-19,22-23,26-28,36-37,39-40H,12-13,20-21,24-25H2,1-4H3,(H,47,54)(H,48,49)/t36-,37-,39+,40+/m0/s1. The molecule has 3 amide bonds. The van der Waals surface area contributed by atoms with Gasteiger partial charge in [0.05, 0.1) is 23.3 Å². The van der Waals surface area contributed by atoms with Gasteiger partial charge in [0.2, 0.25) is 23.6 Å². The number of nitrogens with one attached hydrogen (secondary N) is 2. The first-order valence-electron chi connectivity index (χ1n) is 19.6. The van der Waals surface area contributed by atoms with E-state index in [0.717, 1.165) is 58.4 Å². The second kappa shape index (κ2) is 16.2. The Kier molecular flexibility index (Phi) is 10.7. The zero-order valence-corrected chi connectivity index (χ0v) is 32.8. The summed E-state index contributed by atoms with van der Waals surface area (Å²) in [6, 6.07) is 31.3. The molecule has 0 saturated carbocycles. The van der Waals surface area contributed by atoms with E-state index in [4.69, 9.17) is 9.40 Å². The lowest BCUT2D eigenvalue weighted by Crippen LogP contribution is -2.47. The third kappa shape index (κ3) is 7.70. The van der Waals surface area contributed by atoms with Crippen molar-refractivity contribution in [2.45, 2.75) is 49.9 Å². The highest BCUT2D eigenvalue weighted by atomic mass is 16.4. The number of carbonyl (C=O) groups is 3. The van der Waals surface area contributed by atoms with E-state index in [0.29, 0.717) is 36.8 Å². The molecule has 0 bridgehead atoms. The van der Waals surface area contributed by atoms with Gasteiger partial charge in [-0.05, 0) is 95.3 Å². The molecule has 6 aromatic rings. The fourth-order valence-corrected chi connectivity index (χ4v) is 8.36. The summed E-state index contributed by atoms with van der Waals surface area (Å²) in [5, 5.41) is 3.05. The van der Waals surface area contributed by atoms with Gasteiger partial charge in [0.25, 0.3) is 0 Å². The van der Waals surface area contributed by atoms with E-state index in [1.54, 1.807) is 11.1 Å². The number of aromatic amines is 1. The van der Waals surface area contributed by atoms with Gasteiger partial charge in [0.1, 0.15) is 23.9 Å². The Bertz CT molecular complexity index is 2370. The molecule has 2 N–H and O–H groups in total. The van der Waals surface area contributed by atoms with E-state index in [2.05, 4.69) is 15.3 Å². The number of likely N-dealkylation sites (tertiary alicyclic amines) is 2. The summed E-state index contributed by atoms with van der Waals surface area (Å²) in [5.74, 6) is 1.54. The molecule has 12 nitrogen and oxygen atoms in total. The number of carbonyl (C=O) groups excluding carboxylic acids is 3. The van der Waals surface area contributed by atoms with E-state index in [-0.39, 0.29) is 29.8 Å². The van der Waals surface area contributed by atoms with Crippen LogP contribution in [0.25, 0.3) is 33.8 Å². The molecule has 0 spiro atoms. The molecule has 2 aliphatic rings. The zero-order chi connectivity index (χ0) is 39.6. The number of hydrogen-bond donors (Lipinski definition) is 2. The highest BCUT2D eigenvalue weighted by molar-refractivity contribution is 5.98. The summed E-state index contributed by atoms with van der Waals surface area (Å²) in [5.41, 5.74) is 5.64. The lowest BCUT2D eigenvalue weighted by atomic mass is 10.0. The predicted octanol–water partition coefficient (Wildman–Crippen LogP) is 7.08. The molecule has 57 heavy (non-hydrogen) atoms. The number of amides is 3. The van der Waals surface area contributed by atoms with Gasteiger partial charge in [0.15, 0.2) is 5.76 Å². The van der Waals surface area contributed by atoms with Gasteiger partial charge < -0.3 is 24.5 Å². The Morgan fingerprint density at radius 1 is 0.754 bits per heavy atom. The van der Waals surface area contributed by atoms with Crippen molar-refractivity contribution < 1.29 is 18.8 Å². The van der Waals surface area contributed by atoms with Crippen LogP contribution in [0.3, 0.4) is 0 Å². The molecule has 2 aliphatic heterocycles. The second-order valence-electron chi connectivity index (χ2n) is 15.4. The van der Waals surface area contributed by atoms with E-state index in [9.17, 15) is 14.4 Å². The number of oxazole rings is 1. The summed E-state index contributed by atoms with van der Waals surface area (Å²) < 4.78 is 6.28. The maximum absolute atomic E-state index is 14.0. The molecule has 4 heterocycles. The Morgan fingerprint density at radius 2 is 1.40 bits per heavy atom. The quantitative estimate of drug-likeness (QED) is 0.143. The summed E-state index contributed by atoms with van der Waals surface area (Å²) in [6.07, 6.45) is 4.77. The number of nitrogens with zero attached hydrogens (tertiary/aromatic N) is 6. The highest BCUT2D eigenvalue weighted by Gasteiger charge is 2.39. The van der Waals surface area contributed by atoms with Gasteiger partial charge in [-0.2, -0.15) is 0 Å². The summed E-state index contributed by atoms with van der Waals surface area (Å²) in [4.78, 5) is 62.1. The van der Waals surface area contributed by atoms with Crippen molar-refractivity contribution in [1.29, 1.82) is 0 Å². The highest BCUT2D eigenvalue weighted by Crippen LogP contribution is 2.36. The first-order chi connectivity index (χ1) is 27.7. The minimum Gasteiger partial charge on any atom is -0.436 e. The van der Waals surface area contributed by atoms with Gasteiger partial charge in [-0.1, -0.05) is 72.8 Å². The van der Waals surface area contributed by atoms with Crippen molar-refractivity contribution in [3.05, 3.63) is 126 Å². The molecule has 0 radical (unpaired) electrons. The Labute approximate surface area is 332 Å². The molecule has 0 aliphatic carbocycles. The summed E-state index contributed by atoms with van der Waals surface area (Å²) in [6.45, 7) is 1.21. The molecule has 292 valence electrons. The van der Waals surface area contributed by atoms with Crippen LogP contribution in [0.4, 0.5) is 5.69 Å². The first kappa shape index (κ1) is 37.8. The average Bonchev–Trinajstić information content (AvgIpc) is 4.05. The maximum Gasteiger partial charge on any atom is 0.247 e. The summed E-state index contributed by atoms with van der Waals surface area (Å²) in [7, 11) is 7.65. The monoisotopic (exact) mass is 764 g/mol. The number of likely N-dealkylation sites (N-methyl/N-ethyl adjacent to an activating group) is 2. The van der Waals surface area contributed by atoms with Crippen LogP contribution >= 0.6 is 0 Å². The minimum atomic E-state index is -0.566. The zero-order valence-electron chi connectivity index (χ0n) is 32.8. The number of aromatic nitrogens is 3. The number of H-pyrrole nitrogens is 1. The van der Waals surface area contributed by atoms with Gasteiger partial charge >= 0.3 is 0 Å². The molecular formula is C45H48N8O4. The Hall–Kier alpha value is -6.11. The minimum absolute atomic E-state index is 0.0680. The number of fused-ring (bicyclic) bond motifs is 1. The average molecular weight is 765 g/mol. The SMILES string of the molecule is CN(C)[C@@H](C(=O)N1CCC[C@H]1C(=O)Nc1cccc(-c2cnc(-c3ccc4nc([C@@H]5CCCN5C(=O)[C@@H](c5ccccc5)N(C)C)[nH]c4c3)o2)c1)c1ccccc1. The second-order valence-corrected chi connectivity index (χ2v) is 15.4. The van der Waals surface area contributed by atoms with E-state index in [1.165, 1.54) is 0 Å². The third-order valence-corrected chi connectivity index (χ3v) is 11.1. The predicted molar refractivity (Wildman–Crippen MR) is 220 cm³/mol. The lowest BCUT2D eigenvalue weighted by molar-refractivity contribution is -0.140. The molecule has 4 aromatic carbocycles. The topological polar surface area (TPSA) is 131 Å². The number of imidazole rings is 1. The van der Waals surface area contributed by atoms with Gasteiger partial charge in [-0.25, -0.2) is 9.97 Å². The van der Waals surface area contributed by atoms with Crippen LogP contribution in [0.2, 0.25) is 0 Å². The van der Waals surface area contributed by atoms with Crippen LogP contribution in [0.5, 0.6) is 0 Å². The molecule has 2 aromatic heterocycles. The van der Waals surface area contributed by atoms with E-state index in [1.807, 2.05) is 146 Å². The third-order valence-electron chi connectivity index (χ3n) is 11.1. The van der Waals surface area contributed by atoms with Crippen molar-refractivity contribution in [3.8, 4) is 22.8 Å². The van der Waals surface area contributed by atoms with Gasteiger partial charge in [-0.3, -0.25) is 24.2 Å². The fraction of sp³-hybridized carbons (Fsp3) is 0.311. The van der Waals surface area contributed by atoms with Gasteiger partial charge in [0, 0.05) is 29.9 Å². The molecule has 8 rings (SSSR count). The molecular weight excluding hydrogens is 717 g/mol. The van der Waals surface area contributed by atoms with Crippen LogP contribution in [0, 0.1) is 0 Å². The fourth-order valence-electron chi connectivity index (χ4n) is 8.36. The van der Waals surface area contributed by atoms with Crippen molar-refractivity contribution in [3.63, 3.8) is 0 Å². The van der Waals surface area contributed by atoms with Gasteiger partial charge in [-0.15, -0.1) is 0 Å².